The molecule has 12 heavy (non-hydrogen) atoms. The van der Waals surface area contributed by atoms with Gasteiger partial charge in [-0.25, -0.2) is 0 Å². The van der Waals surface area contributed by atoms with Crippen LogP contribution < -0.4 is 10.5 Å². The third-order valence-electron chi connectivity index (χ3n) is 1.54. The van der Waals surface area contributed by atoms with Crippen LogP contribution in [0.1, 0.15) is 5.69 Å². The lowest BCUT2D eigenvalue weighted by atomic mass is 10.3. The summed E-state index contributed by atoms with van der Waals surface area (Å²) >= 11 is 1.61. The minimum Gasteiger partial charge on any atom is -0.495 e. The normalized spacial score (nSPS) is 9.92. The number of hydrogen-bond acceptors (Lipinski definition) is 4. The van der Waals surface area contributed by atoms with Gasteiger partial charge in [-0.05, 0) is 6.26 Å². The Kier molecular flexibility index (Phi) is 3.37. The Morgan fingerprint density at radius 3 is 2.92 bits per heavy atom. The average Bonchev–Trinajstić information content (AvgIpc) is 2.16. The largest absolute Gasteiger partial charge is 0.495 e. The van der Waals surface area contributed by atoms with Crippen molar-refractivity contribution < 1.29 is 4.74 Å². The number of nitrogens with two attached hydrogens (primary N) is 1. The summed E-state index contributed by atoms with van der Waals surface area (Å²) in [4.78, 5) is 5.19. The summed E-state index contributed by atoms with van der Waals surface area (Å²) in [7, 11) is 1.65. The van der Waals surface area contributed by atoms with Gasteiger partial charge in [-0.2, -0.15) is 0 Å². The Balaban J connectivity index is 3.02. The van der Waals surface area contributed by atoms with Gasteiger partial charge < -0.3 is 10.5 Å². The van der Waals surface area contributed by atoms with E-state index in [0.717, 1.165) is 16.3 Å². The number of ether oxygens (including phenoxy) is 1. The molecule has 0 aromatic carbocycles. The van der Waals surface area contributed by atoms with E-state index in [2.05, 4.69) is 4.98 Å². The van der Waals surface area contributed by atoms with Gasteiger partial charge in [-0.1, -0.05) is 0 Å². The molecule has 0 atom stereocenters. The van der Waals surface area contributed by atoms with Gasteiger partial charge >= 0.3 is 0 Å². The maximum absolute atomic E-state index is 5.44. The van der Waals surface area contributed by atoms with Gasteiger partial charge in [0.15, 0.2) is 0 Å². The number of hydrogen-bond donors (Lipinski definition) is 1. The van der Waals surface area contributed by atoms with Gasteiger partial charge in [0.1, 0.15) is 5.75 Å². The molecule has 0 radical (unpaired) electrons. The van der Waals surface area contributed by atoms with Crippen molar-refractivity contribution >= 4 is 11.8 Å². The molecule has 0 aliphatic carbocycles. The molecule has 1 heterocycles. The molecule has 0 bridgehead atoms. The highest BCUT2D eigenvalue weighted by molar-refractivity contribution is 7.98. The maximum atomic E-state index is 5.44. The molecular formula is C8H12N2OS. The van der Waals surface area contributed by atoms with Crippen molar-refractivity contribution in [3.8, 4) is 5.75 Å². The van der Waals surface area contributed by atoms with Crippen molar-refractivity contribution in [1.29, 1.82) is 0 Å². The smallest absolute Gasteiger partial charge is 0.135 e. The van der Waals surface area contributed by atoms with Gasteiger partial charge in [-0.15, -0.1) is 11.8 Å². The van der Waals surface area contributed by atoms with Crippen molar-refractivity contribution in [3.63, 3.8) is 0 Å². The Morgan fingerprint density at radius 2 is 2.42 bits per heavy atom. The van der Waals surface area contributed by atoms with Crippen LogP contribution in [0.5, 0.6) is 5.75 Å². The summed E-state index contributed by atoms with van der Waals surface area (Å²) in [5.41, 5.74) is 6.29. The van der Waals surface area contributed by atoms with Gasteiger partial charge in [0, 0.05) is 18.8 Å². The molecule has 4 heteroatoms. The van der Waals surface area contributed by atoms with Crippen molar-refractivity contribution in [2.45, 2.75) is 11.4 Å². The van der Waals surface area contributed by atoms with Gasteiger partial charge in [0.05, 0.1) is 17.7 Å². The first-order valence-electron chi connectivity index (χ1n) is 3.58. The summed E-state index contributed by atoms with van der Waals surface area (Å²) < 4.78 is 5.16. The van der Waals surface area contributed by atoms with Crippen LogP contribution >= 0.6 is 11.8 Å². The van der Waals surface area contributed by atoms with Crippen LogP contribution in [-0.4, -0.2) is 18.3 Å². The molecule has 66 valence electrons. The van der Waals surface area contributed by atoms with Crippen LogP contribution in [0, 0.1) is 0 Å². The van der Waals surface area contributed by atoms with E-state index in [1.807, 2.05) is 12.3 Å². The van der Waals surface area contributed by atoms with Crippen LogP contribution in [-0.2, 0) is 6.54 Å². The molecule has 0 aliphatic heterocycles. The Labute approximate surface area is 76.3 Å². The summed E-state index contributed by atoms with van der Waals surface area (Å²) in [6.45, 7) is 0.449. The summed E-state index contributed by atoms with van der Waals surface area (Å²) in [5.74, 6) is 0.845. The monoisotopic (exact) mass is 184 g/mol. The second-order valence-electron chi connectivity index (χ2n) is 2.23. The highest BCUT2D eigenvalue weighted by Crippen LogP contribution is 2.26. The molecule has 0 aliphatic rings. The highest BCUT2D eigenvalue weighted by Gasteiger charge is 2.02. The number of pyridine rings is 1. The van der Waals surface area contributed by atoms with E-state index in [9.17, 15) is 0 Å². The highest BCUT2D eigenvalue weighted by atomic mass is 32.2. The predicted molar refractivity (Wildman–Crippen MR) is 50.5 cm³/mol. The van der Waals surface area contributed by atoms with E-state index < -0.39 is 0 Å². The fourth-order valence-corrected chi connectivity index (χ4v) is 1.39. The van der Waals surface area contributed by atoms with Crippen molar-refractivity contribution in [2.24, 2.45) is 5.73 Å². The van der Waals surface area contributed by atoms with E-state index in [1.165, 1.54) is 0 Å². The maximum Gasteiger partial charge on any atom is 0.135 e. The summed E-state index contributed by atoms with van der Waals surface area (Å²) in [5, 5.41) is 0. The molecule has 0 saturated carbocycles. The Bertz CT molecular complexity index is 265. The lowest BCUT2D eigenvalue weighted by Crippen LogP contribution is -2.00. The fraction of sp³-hybridized carbons (Fsp3) is 0.375. The van der Waals surface area contributed by atoms with E-state index in [1.54, 1.807) is 25.1 Å². The van der Waals surface area contributed by atoms with E-state index >= 15 is 0 Å². The molecular weight excluding hydrogens is 172 g/mol. The SMILES string of the molecule is COc1cc(CN)ncc1SC. The van der Waals surface area contributed by atoms with E-state index in [-0.39, 0.29) is 0 Å². The van der Waals surface area contributed by atoms with Gasteiger partial charge in [0.25, 0.3) is 0 Å². The van der Waals surface area contributed by atoms with Gasteiger partial charge in [-0.3, -0.25) is 4.98 Å². The molecule has 0 saturated heterocycles. The average molecular weight is 184 g/mol. The Morgan fingerprint density at radius 1 is 1.67 bits per heavy atom. The number of aromatic nitrogens is 1. The third kappa shape index (κ3) is 1.89. The first-order chi connectivity index (χ1) is 5.81. The third-order valence-corrected chi connectivity index (χ3v) is 2.28. The quantitative estimate of drug-likeness (QED) is 0.719. The molecule has 3 nitrogen and oxygen atoms in total. The number of nitrogens with zero attached hydrogens (tertiary/aromatic N) is 1. The molecule has 1 aromatic rings. The minimum atomic E-state index is 0.449. The van der Waals surface area contributed by atoms with Crippen molar-refractivity contribution in [2.75, 3.05) is 13.4 Å². The topological polar surface area (TPSA) is 48.1 Å². The zero-order valence-corrected chi connectivity index (χ0v) is 8.02. The molecule has 0 fully saturated rings. The van der Waals surface area contributed by atoms with Crippen LogP contribution in [0.15, 0.2) is 17.2 Å². The molecule has 0 spiro atoms. The summed E-state index contributed by atoms with van der Waals surface area (Å²) in [6.07, 6.45) is 3.77. The molecule has 1 aromatic heterocycles. The molecule has 0 amide bonds. The molecule has 2 N–H and O–H groups in total. The molecule has 1 rings (SSSR count). The standard InChI is InChI=1S/C8H12N2OS/c1-11-7-3-6(4-9)10-5-8(7)12-2/h3,5H,4,9H2,1-2H3. The molecule has 0 unspecified atom stereocenters. The summed E-state index contributed by atoms with van der Waals surface area (Å²) in [6, 6.07) is 1.87. The lowest BCUT2D eigenvalue weighted by Gasteiger charge is -2.06. The zero-order valence-electron chi connectivity index (χ0n) is 7.20. The van der Waals surface area contributed by atoms with Crippen LogP contribution in [0.3, 0.4) is 0 Å². The van der Waals surface area contributed by atoms with E-state index in [0.29, 0.717) is 6.54 Å². The number of thioether (sulfide) groups is 1. The lowest BCUT2D eigenvalue weighted by molar-refractivity contribution is 0.403. The van der Waals surface area contributed by atoms with Crippen LogP contribution in [0.4, 0.5) is 0 Å². The van der Waals surface area contributed by atoms with Gasteiger partial charge in [0.2, 0.25) is 0 Å². The van der Waals surface area contributed by atoms with Crippen molar-refractivity contribution in [3.05, 3.63) is 18.0 Å². The number of rotatable bonds is 3. The first-order valence-corrected chi connectivity index (χ1v) is 4.81. The van der Waals surface area contributed by atoms with E-state index in [4.69, 9.17) is 10.5 Å². The number of methoxy groups -OCH3 is 1. The van der Waals surface area contributed by atoms with Crippen LogP contribution in [0.25, 0.3) is 0 Å². The van der Waals surface area contributed by atoms with Crippen LogP contribution in [0.2, 0.25) is 0 Å². The minimum absolute atomic E-state index is 0.449. The fourth-order valence-electron chi connectivity index (χ4n) is 0.889. The van der Waals surface area contributed by atoms with Crippen molar-refractivity contribution in [1.82, 2.24) is 4.98 Å². The zero-order chi connectivity index (χ0) is 8.97. The predicted octanol–water partition coefficient (Wildman–Crippen LogP) is 1.27. The first kappa shape index (κ1) is 9.35. The Hall–Kier alpha value is -0.740. The second-order valence-corrected chi connectivity index (χ2v) is 3.08. The second kappa shape index (κ2) is 4.33.